The molecule has 4 heteroatoms. The highest BCUT2D eigenvalue weighted by Crippen LogP contribution is 2.25. The lowest BCUT2D eigenvalue weighted by Gasteiger charge is -2.25. The molecule has 0 aliphatic rings. The van der Waals surface area contributed by atoms with Gasteiger partial charge in [-0.15, -0.1) is 0 Å². The SMILES string of the molecule is CCC(N)C(OCCOC(C)(C)C)c1cccc(Br)c1. The maximum Gasteiger partial charge on any atom is 0.0977 e. The van der Waals surface area contributed by atoms with Crippen molar-refractivity contribution < 1.29 is 9.47 Å². The van der Waals surface area contributed by atoms with E-state index < -0.39 is 0 Å². The lowest BCUT2D eigenvalue weighted by Crippen LogP contribution is -2.31. The third kappa shape index (κ3) is 6.35. The van der Waals surface area contributed by atoms with Crippen LogP contribution in [0.4, 0.5) is 0 Å². The maximum atomic E-state index is 6.19. The first-order valence-electron chi connectivity index (χ1n) is 7.10. The van der Waals surface area contributed by atoms with Crippen LogP contribution in [-0.2, 0) is 9.47 Å². The molecule has 0 saturated carbocycles. The summed E-state index contributed by atoms with van der Waals surface area (Å²) in [6, 6.07) is 8.10. The number of halogens is 1. The van der Waals surface area contributed by atoms with Gasteiger partial charge >= 0.3 is 0 Å². The van der Waals surface area contributed by atoms with E-state index in [0.29, 0.717) is 13.2 Å². The predicted molar refractivity (Wildman–Crippen MR) is 86.8 cm³/mol. The van der Waals surface area contributed by atoms with Crippen LogP contribution in [0.5, 0.6) is 0 Å². The van der Waals surface area contributed by atoms with Gasteiger partial charge in [-0.3, -0.25) is 0 Å². The number of nitrogens with two attached hydrogens (primary N) is 1. The van der Waals surface area contributed by atoms with Gasteiger partial charge in [0.05, 0.1) is 24.9 Å². The molecule has 0 fully saturated rings. The second-order valence-corrected chi connectivity index (χ2v) is 6.80. The van der Waals surface area contributed by atoms with E-state index in [1.807, 2.05) is 32.9 Å². The van der Waals surface area contributed by atoms with Crippen LogP contribution in [0.2, 0.25) is 0 Å². The minimum atomic E-state index is -0.137. The molecule has 0 spiro atoms. The van der Waals surface area contributed by atoms with Crippen molar-refractivity contribution in [3.63, 3.8) is 0 Å². The average molecular weight is 344 g/mol. The van der Waals surface area contributed by atoms with Crippen LogP contribution in [0.3, 0.4) is 0 Å². The Hall–Kier alpha value is -0.420. The van der Waals surface area contributed by atoms with Crippen molar-refractivity contribution in [2.75, 3.05) is 13.2 Å². The van der Waals surface area contributed by atoms with Crippen molar-refractivity contribution in [3.05, 3.63) is 34.3 Å². The Kier molecular flexibility index (Phi) is 7.17. The molecular formula is C16H26BrNO2. The van der Waals surface area contributed by atoms with E-state index in [1.165, 1.54) is 0 Å². The van der Waals surface area contributed by atoms with E-state index in [9.17, 15) is 0 Å². The minimum absolute atomic E-state index is 0.0149. The van der Waals surface area contributed by atoms with E-state index in [-0.39, 0.29) is 17.7 Å². The summed E-state index contributed by atoms with van der Waals surface area (Å²) >= 11 is 3.49. The van der Waals surface area contributed by atoms with Crippen LogP contribution >= 0.6 is 15.9 Å². The zero-order valence-corrected chi connectivity index (χ0v) is 14.4. The second-order valence-electron chi connectivity index (χ2n) is 5.88. The molecule has 3 nitrogen and oxygen atoms in total. The molecule has 114 valence electrons. The number of hydrogen-bond acceptors (Lipinski definition) is 3. The second kappa shape index (κ2) is 8.13. The molecule has 2 atom stereocenters. The monoisotopic (exact) mass is 343 g/mol. The van der Waals surface area contributed by atoms with Crippen LogP contribution < -0.4 is 5.73 Å². The fraction of sp³-hybridized carbons (Fsp3) is 0.625. The van der Waals surface area contributed by atoms with E-state index in [2.05, 4.69) is 35.0 Å². The fourth-order valence-electron chi connectivity index (χ4n) is 1.89. The molecule has 0 amide bonds. The average Bonchev–Trinajstić information content (AvgIpc) is 2.36. The van der Waals surface area contributed by atoms with Gasteiger partial charge in [-0.2, -0.15) is 0 Å². The Morgan fingerprint density at radius 3 is 2.50 bits per heavy atom. The summed E-state index contributed by atoms with van der Waals surface area (Å²) < 4.78 is 12.7. The van der Waals surface area contributed by atoms with Crippen molar-refractivity contribution in [2.45, 2.75) is 51.9 Å². The number of hydrogen-bond donors (Lipinski definition) is 1. The Balaban J connectivity index is 2.62. The highest BCUT2D eigenvalue weighted by Gasteiger charge is 2.20. The van der Waals surface area contributed by atoms with Gasteiger partial charge in [-0.25, -0.2) is 0 Å². The first kappa shape index (κ1) is 17.6. The Morgan fingerprint density at radius 2 is 1.95 bits per heavy atom. The zero-order valence-electron chi connectivity index (χ0n) is 12.9. The molecule has 1 aromatic carbocycles. The summed E-state index contributed by atoms with van der Waals surface area (Å²) in [5.41, 5.74) is 7.15. The molecule has 0 aliphatic carbocycles. The molecule has 0 saturated heterocycles. The molecule has 2 unspecified atom stereocenters. The number of benzene rings is 1. The van der Waals surface area contributed by atoms with Crippen molar-refractivity contribution in [1.82, 2.24) is 0 Å². The first-order valence-corrected chi connectivity index (χ1v) is 7.89. The van der Waals surface area contributed by atoms with Gasteiger partial charge in [0.25, 0.3) is 0 Å². The van der Waals surface area contributed by atoms with Gasteiger partial charge in [0.15, 0.2) is 0 Å². The molecule has 0 aromatic heterocycles. The topological polar surface area (TPSA) is 44.5 Å². The van der Waals surface area contributed by atoms with Crippen molar-refractivity contribution >= 4 is 15.9 Å². The van der Waals surface area contributed by atoms with E-state index >= 15 is 0 Å². The van der Waals surface area contributed by atoms with Crippen LogP contribution in [0.15, 0.2) is 28.7 Å². The zero-order chi connectivity index (χ0) is 15.2. The Bertz CT molecular complexity index is 404. The lowest BCUT2D eigenvalue weighted by molar-refractivity contribution is -0.0570. The van der Waals surface area contributed by atoms with Gasteiger partial charge < -0.3 is 15.2 Å². The normalized spacial score (nSPS) is 15.1. The lowest BCUT2D eigenvalue weighted by atomic mass is 10.0. The van der Waals surface area contributed by atoms with Crippen molar-refractivity contribution in [1.29, 1.82) is 0 Å². The molecule has 0 radical (unpaired) electrons. The van der Waals surface area contributed by atoms with E-state index in [1.54, 1.807) is 0 Å². The Morgan fingerprint density at radius 1 is 1.25 bits per heavy atom. The Labute approximate surface area is 131 Å². The number of ether oxygens (including phenoxy) is 2. The highest BCUT2D eigenvalue weighted by molar-refractivity contribution is 9.10. The first-order chi connectivity index (χ1) is 9.33. The van der Waals surface area contributed by atoms with Gasteiger partial charge in [0.1, 0.15) is 0 Å². The quantitative estimate of drug-likeness (QED) is 0.759. The molecule has 20 heavy (non-hydrogen) atoms. The summed E-state index contributed by atoms with van der Waals surface area (Å²) in [7, 11) is 0. The standard InChI is InChI=1S/C16H26BrNO2/c1-5-14(18)15(12-7-6-8-13(17)11-12)19-9-10-20-16(2,3)4/h6-8,11,14-15H,5,9-10,18H2,1-4H3. The number of rotatable bonds is 7. The summed E-state index contributed by atoms with van der Waals surface area (Å²) in [6.07, 6.45) is 0.776. The predicted octanol–water partition coefficient (Wildman–Crippen LogP) is 4.06. The summed E-state index contributed by atoms with van der Waals surface area (Å²) in [6.45, 7) is 9.31. The van der Waals surface area contributed by atoms with Crippen molar-refractivity contribution in [2.24, 2.45) is 5.73 Å². The molecule has 0 bridgehead atoms. The van der Waals surface area contributed by atoms with Crippen LogP contribution in [0.25, 0.3) is 0 Å². The third-order valence-electron chi connectivity index (χ3n) is 2.95. The van der Waals surface area contributed by atoms with Gasteiger partial charge in [-0.05, 0) is 44.9 Å². The summed E-state index contributed by atoms with van der Waals surface area (Å²) in [4.78, 5) is 0. The van der Waals surface area contributed by atoms with Crippen LogP contribution in [-0.4, -0.2) is 24.9 Å². The van der Waals surface area contributed by atoms with E-state index in [0.717, 1.165) is 16.5 Å². The summed E-state index contributed by atoms with van der Waals surface area (Å²) in [5, 5.41) is 0. The molecule has 1 aromatic rings. The van der Waals surface area contributed by atoms with Gasteiger partial charge in [0, 0.05) is 10.5 Å². The highest BCUT2D eigenvalue weighted by atomic mass is 79.9. The molecular weight excluding hydrogens is 318 g/mol. The largest absolute Gasteiger partial charge is 0.373 e. The van der Waals surface area contributed by atoms with Gasteiger partial charge in [-0.1, -0.05) is 35.0 Å². The fourth-order valence-corrected chi connectivity index (χ4v) is 2.30. The van der Waals surface area contributed by atoms with Crippen molar-refractivity contribution in [3.8, 4) is 0 Å². The molecule has 0 aliphatic heterocycles. The maximum absolute atomic E-state index is 6.19. The summed E-state index contributed by atoms with van der Waals surface area (Å²) in [5.74, 6) is 0. The smallest absolute Gasteiger partial charge is 0.0977 e. The van der Waals surface area contributed by atoms with Crippen LogP contribution in [0.1, 0.15) is 45.8 Å². The molecule has 0 heterocycles. The van der Waals surface area contributed by atoms with Crippen LogP contribution in [0, 0.1) is 0 Å². The van der Waals surface area contributed by atoms with E-state index in [4.69, 9.17) is 15.2 Å². The molecule has 1 rings (SSSR count). The molecule has 2 N–H and O–H groups in total. The minimum Gasteiger partial charge on any atom is -0.373 e. The third-order valence-corrected chi connectivity index (χ3v) is 3.45. The van der Waals surface area contributed by atoms with Gasteiger partial charge in [0.2, 0.25) is 0 Å².